The van der Waals surface area contributed by atoms with Gasteiger partial charge < -0.3 is 9.15 Å². The van der Waals surface area contributed by atoms with E-state index in [2.05, 4.69) is 0 Å². The maximum Gasteiger partial charge on any atom is 0.295 e. The van der Waals surface area contributed by atoms with Gasteiger partial charge in [-0.2, -0.15) is 0 Å². The molecule has 0 bridgehead atoms. The molecule has 4 aromatic rings. The maximum absolute atomic E-state index is 13.6. The van der Waals surface area contributed by atoms with Gasteiger partial charge in [0.15, 0.2) is 5.43 Å². The van der Waals surface area contributed by atoms with E-state index in [-0.39, 0.29) is 22.3 Å². The minimum absolute atomic E-state index is 0.0243. The largest absolute Gasteiger partial charge is 0.497 e. The number of methoxy groups -OCH3 is 1. The number of carbonyl (C=O) groups is 1. The molecule has 1 aromatic heterocycles. The Balaban J connectivity index is 1.82. The summed E-state index contributed by atoms with van der Waals surface area (Å²) in [5.41, 5.74) is 1.32. The van der Waals surface area contributed by atoms with Crippen molar-refractivity contribution < 1.29 is 13.9 Å². The molecule has 1 atom stereocenters. The Morgan fingerprint density at radius 3 is 2.50 bits per heavy atom. The van der Waals surface area contributed by atoms with Gasteiger partial charge in [0, 0.05) is 16.8 Å². The molecule has 5 rings (SSSR count). The number of anilines is 1. The van der Waals surface area contributed by atoms with Gasteiger partial charge in [0.2, 0.25) is 5.76 Å². The van der Waals surface area contributed by atoms with E-state index < -0.39 is 11.9 Å². The third kappa shape index (κ3) is 3.25. The van der Waals surface area contributed by atoms with Crippen LogP contribution in [0.2, 0.25) is 15.1 Å². The molecule has 3 aromatic carbocycles. The first kappa shape index (κ1) is 20.9. The van der Waals surface area contributed by atoms with Crippen LogP contribution in [0.15, 0.2) is 69.9 Å². The number of fused-ring (bicyclic) bond motifs is 2. The average Bonchev–Trinajstić information content (AvgIpc) is 3.09. The van der Waals surface area contributed by atoms with E-state index in [4.69, 9.17) is 44.0 Å². The van der Waals surface area contributed by atoms with Crippen LogP contribution in [0.1, 0.15) is 27.7 Å². The minimum atomic E-state index is -0.779. The first-order chi connectivity index (χ1) is 15.4. The highest BCUT2D eigenvalue weighted by molar-refractivity contribution is 6.42. The van der Waals surface area contributed by atoms with Crippen LogP contribution in [0, 0.1) is 0 Å². The van der Waals surface area contributed by atoms with Gasteiger partial charge >= 0.3 is 0 Å². The molecule has 0 N–H and O–H groups in total. The maximum atomic E-state index is 13.6. The Morgan fingerprint density at radius 1 is 0.938 bits per heavy atom. The van der Waals surface area contributed by atoms with Crippen LogP contribution in [0.5, 0.6) is 5.75 Å². The molecule has 1 unspecified atom stereocenters. The summed E-state index contributed by atoms with van der Waals surface area (Å²) in [6.45, 7) is 0. The van der Waals surface area contributed by atoms with Gasteiger partial charge in [0.05, 0.1) is 34.1 Å². The second-order valence-electron chi connectivity index (χ2n) is 7.27. The molecule has 0 radical (unpaired) electrons. The lowest BCUT2D eigenvalue weighted by molar-refractivity contribution is 0.0971. The highest BCUT2D eigenvalue weighted by Gasteiger charge is 2.44. The van der Waals surface area contributed by atoms with Crippen LogP contribution in [0.3, 0.4) is 0 Å². The van der Waals surface area contributed by atoms with Crippen LogP contribution in [0.4, 0.5) is 5.69 Å². The van der Waals surface area contributed by atoms with E-state index in [0.717, 1.165) is 0 Å². The van der Waals surface area contributed by atoms with Crippen molar-refractivity contribution in [3.63, 3.8) is 0 Å². The van der Waals surface area contributed by atoms with E-state index in [9.17, 15) is 9.59 Å². The second kappa shape index (κ2) is 7.85. The number of benzene rings is 3. The minimum Gasteiger partial charge on any atom is -0.497 e. The molecule has 1 amide bonds. The molecule has 0 saturated carbocycles. The van der Waals surface area contributed by atoms with Crippen LogP contribution in [0.25, 0.3) is 11.0 Å². The molecular weight excluding hydrogens is 473 g/mol. The summed E-state index contributed by atoms with van der Waals surface area (Å²) >= 11 is 18.5. The van der Waals surface area contributed by atoms with E-state index >= 15 is 0 Å². The molecule has 0 fully saturated rings. The first-order valence-corrected chi connectivity index (χ1v) is 10.7. The van der Waals surface area contributed by atoms with Gasteiger partial charge in [-0.05, 0) is 48.0 Å². The number of amides is 1. The van der Waals surface area contributed by atoms with Crippen molar-refractivity contribution in [2.75, 3.05) is 12.0 Å². The predicted molar refractivity (Wildman–Crippen MR) is 126 cm³/mol. The zero-order valence-electron chi connectivity index (χ0n) is 16.6. The Hall–Kier alpha value is -2.99. The Bertz CT molecular complexity index is 1460. The fourth-order valence-electron chi connectivity index (χ4n) is 3.97. The van der Waals surface area contributed by atoms with Crippen LogP contribution in [-0.4, -0.2) is 13.0 Å². The Morgan fingerprint density at radius 2 is 1.75 bits per heavy atom. The third-order valence-electron chi connectivity index (χ3n) is 5.42. The summed E-state index contributed by atoms with van der Waals surface area (Å²) in [5, 5.41) is 1.36. The SMILES string of the molecule is COc1cccc(N2C(=O)c3oc4ccc(Cl)cc4c(=O)c3C2c2ccc(Cl)c(Cl)c2)c1. The standard InChI is InChI=1S/C24H14Cl3NO4/c1-31-15-4-2-3-14(11-15)28-21(12-5-7-17(26)18(27)9-12)20-22(29)16-10-13(25)6-8-19(16)32-23(20)24(28)30/h2-11,21H,1H3. The normalized spacial score (nSPS) is 15.3. The molecule has 8 heteroatoms. The summed E-state index contributed by atoms with van der Waals surface area (Å²) in [6, 6.07) is 16.0. The van der Waals surface area contributed by atoms with Crippen molar-refractivity contribution in [3.05, 3.63) is 103 Å². The number of hydrogen-bond acceptors (Lipinski definition) is 4. The summed E-state index contributed by atoms with van der Waals surface area (Å²) in [4.78, 5) is 28.6. The molecule has 5 nitrogen and oxygen atoms in total. The lowest BCUT2D eigenvalue weighted by atomic mass is 9.98. The quantitative estimate of drug-likeness (QED) is 0.331. The van der Waals surface area contributed by atoms with E-state index in [1.165, 1.54) is 18.1 Å². The summed E-state index contributed by atoms with van der Waals surface area (Å²) in [5.74, 6) is 0.0948. The van der Waals surface area contributed by atoms with Crippen molar-refractivity contribution in [2.24, 2.45) is 0 Å². The molecule has 1 aliphatic heterocycles. The van der Waals surface area contributed by atoms with Crippen molar-refractivity contribution in [3.8, 4) is 5.75 Å². The van der Waals surface area contributed by atoms with Gasteiger partial charge in [-0.3, -0.25) is 14.5 Å². The fraction of sp³-hybridized carbons (Fsp3) is 0.0833. The highest BCUT2D eigenvalue weighted by atomic mass is 35.5. The Kier molecular flexibility index (Phi) is 5.13. The zero-order valence-corrected chi connectivity index (χ0v) is 18.8. The lowest BCUT2D eigenvalue weighted by Crippen LogP contribution is -2.29. The van der Waals surface area contributed by atoms with Crippen molar-refractivity contribution in [1.82, 2.24) is 0 Å². The van der Waals surface area contributed by atoms with Gasteiger partial charge in [-0.1, -0.05) is 46.9 Å². The molecule has 32 heavy (non-hydrogen) atoms. The van der Waals surface area contributed by atoms with E-state index in [1.54, 1.807) is 54.6 Å². The van der Waals surface area contributed by atoms with Crippen LogP contribution in [-0.2, 0) is 0 Å². The van der Waals surface area contributed by atoms with Gasteiger partial charge in [-0.15, -0.1) is 0 Å². The van der Waals surface area contributed by atoms with Gasteiger partial charge in [0.1, 0.15) is 11.3 Å². The fourth-order valence-corrected chi connectivity index (χ4v) is 4.45. The summed E-state index contributed by atoms with van der Waals surface area (Å²) in [6.07, 6.45) is 0. The average molecular weight is 487 g/mol. The molecular formula is C24H14Cl3NO4. The molecule has 0 aliphatic carbocycles. The van der Waals surface area contributed by atoms with Gasteiger partial charge in [-0.25, -0.2) is 0 Å². The molecule has 0 spiro atoms. The number of halogens is 3. The van der Waals surface area contributed by atoms with Crippen molar-refractivity contribution in [2.45, 2.75) is 6.04 Å². The van der Waals surface area contributed by atoms with Crippen molar-refractivity contribution in [1.29, 1.82) is 0 Å². The smallest absolute Gasteiger partial charge is 0.295 e. The number of rotatable bonds is 3. The summed E-state index contributed by atoms with van der Waals surface area (Å²) < 4.78 is 11.3. The Labute approximate surface area is 197 Å². The van der Waals surface area contributed by atoms with E-state index in [1.807, 2.05) is 0 Å². The molecule has 2 heterocycles. The topological polar surface area (TPSA) is 59.8 Å². The third-order valence-corrected chi connectivity index (χ3v) is 6.40. The molecule has 1 aliphatic rings. The molecule has 0 saturated heterocycles. The van der Waals surface area contributed by atoms with Crippen LogP contribution < -0.4 is 15.1 Å². The van der Waals surface area contributed by atoms with E-state index in [0.29, 0.717) is 37.5 Å². The lowest BCUT2D eigenvalue weighted by Gasteiger charge is -2.25. The van der Waals surface area contributed by atoms with Crippen LogP contribution >= 0.6 is 34.8 Å². The number of ether oxygens (including phenoxy) is 1. The predicted octanol–water partition coefficient (Wildman–Crippen LogP) is 6.51. The molecule has 160 valence electrons. The first-order valence-electron chi connectivity index (χ1n) is 9.58. The number of carbonyl (C=O) groups excluding carboxylic acids is 1. The number of hydrogen-bond donors (Lipinski definition) is 0. The van der Waals surface area contributed by atoms with Gasteiger partial charge in [0.25, 0.3) is 5.91 Å². The number of nitrogens with zero attached hydrogens (tertiary/aromatic N) is 1. The van der Waals surface area contributed by atoms with Crippen molar-refractivity contribution >= 4 is 57.4 Å². The zero-order chi connectivity index (χ0) is 22.6. The summed E-state index contributed by atoms with van der Waals surface area (Å²) in [7, 11) is 1.54. The highest BCUT2D eigenvalue weighted by Crippen LogP contribution is 2.43. The monoisotopic (exact) mass is 485 g/mol. The second-order valence-corrected chi connectivity index (χ2v) is 8.52.